The Kier molecular flexibility index (Phi) is 8.97. The molecule has 2 amide bonds. The molecule has 1 aromatic heterocycles. The van der Waals surface area contributed by atoms with Gasteiger partial charge in [-0.05, 0) is 37.1 Å². The van der Waals surface area contributed by atoms with Gasteiger partial charge in [0.1, 0.15) is 10.1 Å². The summed E-state index contributed by atoms with van der Waals surface area (Å²) in [7, 11) is 0. The molecule has 2 N–H and O–H groups in total. The van der Waals surface area contributed by atoms with Gasteiger partial charge in [-0.3, -0.25) is 9.59 Å². The number of hydrogen-bond acceptors (Lipinski definition) is 6. The number of fused-ring (bicyclic) bond motifs is 1. The van der Waals surface area contributed by atoms with Crippen molar-refractivity contribution < 1.29 is 9.59 Å². The number of amides is 2. The SMILES string of the molecule is C[C@H](NC(=O)CSc1nc2ccccc2nc1SCC(=O)N[C@@H](C)c1ccccc1)c1ccccc1. The van der Waals surface area contributed by atoms with Gasteiger partial charge in [0.25, 0.3) is 0 Å². The minimum Gasteiger partial charge on any atom is -0.349 e. The van der Waals surface area contributed by atoms with Crippen LogP contribution in [-0.2, 0) is 9.59 Å². The molecule has 0 bridgehead atoms. The summed E-state index contributed by atoms with van der Waals surface area (Å²) in [6.07, 6.45) is 0. The van der Waals surface area contributed by atoms with Crippen molar-refractivity contribution in [2.24, 2.45) is 0 Å². The molecule has 0 unspecified atom stereocenters. The van der Waals surface area contributed by atoms with Gasteiger partial charge in [0.2, 0.25) is 11.8 Å². The number of thioether (sulfide) groups is 2. The van der Waals surface area contributed by atoms with Crippen LogP contribution in [0.2, 0.25) is 0 Å². The van der Waals surface area contributed by atoms with Gasteiger partial charge in [-0.25, -0.2) is 9.97 Å². The number of carbonyl (C=O) groups is 2. The lowest BCUT2D eigenvalue weighted by atomic mass is 10.1. The van der Waals surface area contributed by atoms with E-state index in [2.05, 4.69) is 10.6 Å². The Labute approximate surface area is 219 Å². The zero-order valence-electron chi connectivity index (χ0n) is 20.2. The Morgan fingerprint density at radius 1 is 0.639 bits per heavy atom. The van der Waals surface area contributed by atoms with Gasteiger partial charge in [-0.15, -0.1) is 0 Å². The molecule has 0 saturated carbocycles. The normalized spacial score (nSPS) is 12.6. The Morgan fingerprint density at radius 3 is 1.39 bits per heavy atom. The molecule has 0 spiro atoms. The summed E-state index contributed by atoms with van der Waals surface area (Å²) in [6, 6.07) is 27.1. The smallest absolute Gasteiger partial charge is 0.230 e. The van der Waals surface area contributed by atoms with Crippen LogP contribution in [0.25, 0.3) is 11.0 Å². The fourth-order valence-corrected chi connectivity index (χ4v) is 5.36. The van der Waals surface area contributed by atoms with Gasteiger partial charge in [-0.1, -0.05) is 96.3 Å². The van der Waals surface area contributed by atoms with Crippen molar-refractivity contribution in [3.8, 4) is 0 Å². The van der Waals surface area contributed by atoms with E-state index in [1.807, 2.05) is 98.8 Å². The molecule has 1 heterocycles. The molecule has 6 nitrogen and oxygen atoms in total. The average molecular weight is 517 g/mol. The lowest BCUT2D eigenvalue weighted by molar-refractivity contribution is -0.120. The van der Waals surface area contributed by atoms with Crippen LogP contribution in [0.5, 0.6) is 0 Å². The quantitative estimate of drug-likeness (QED) is 0.268. The summed E-state index contributed by atoms with van der Waals surface area (Å²) in [6.45, 7) is 3.92. The van der Waals surface area contributed by atoms with Crippen LogP contribution in [0.4, 0.5) is 0 Å². The molecule has 2 atom stereocenters. The van der Waals surface area contributed by atoms with Crippen molar-refractivity contribution in [3.63, 3.8) is 0 Å². The number of nitrogens with zero attached hydrogens (tertiary/aromatic N) is 2. The summed E-state index contributed by atoms with van der Waals surface area (Å²) < 4.78 is 0. The van der Waals surface area contributed by atoms with Crippen LogP contribution in [0.15, 0.2) is 95.0 Å². The van der Waals surface area contributed by atoms with E-state index in [9.17, 15) is 9.59 Å². The van der Waals surface area contributed by atoms with Crippen molar-refractivity contribution in [2.75, 3.05) is 11.5 Å². The number of benzene rings is 3. The van der Waals surface area contributed by atoms with Gasteiger partial charge in [0, 0.05) is 0 Å². The number of para-hydroxylation sites is 2. The summed E-state index contributed by atoms with van der Waals surface area (Å²) in [4.78, 5) is 34.8. The highest BCUT2D eigenvalue weighted by Crippen LogP contribution is 2.30. The highest BCUT2D eigenvalue weighted by atomic mass is 32.2. The summed E-state index contributed by atoms with van der Waals surface area (Å²) in [5.74, 6) is 0.234. The van der Waals surface area contributed by atoms with Gasteiger partial charge in [0.05, 0.1) is 34.6 Å². The standard InChI is InChI=1S/C28H28N4O2S2/c1-19(21-11-5-3-6-12-21)29-25(33)17-35-27-28(32-24-16-10-9-15-23(24)31-27)36-18-26(34)30-20(2)22-13-7-4-8-14-22/h3-16,19-20H,17-18H2,1-2H3,(H,29,33)(H,30,34)/t19-,20-/m0/s1. The maximum Gasteiger partial charge on any atom is 0.230 e. The van der Waals surface area contributed by atoms with Gasteiger partial charge in [0.15, 0.2) is 0 Å². The van der Waals surface area contributed by atoms with E-state index in [0.717, 1.165) is 22.2 Å². The summed E-state index contributed by atoms with van der Waals surface area (Å²) in [5.41, 5.74) is 3.61. The topological polar surface area (TPSA) is 84.0 Å². The highest BCUT2D eigenvalue weighted by Gasteiger charge is 2.16. The first-order valence-electron chi connectivity index (χ1n) is 11.7. The highest BCUT2D eigenvalue weighted by molar-refractivity contribution is 8.02. The molecule has 0 saturated heterocycles. The van der Waals surface area contributed by atoms with E-state index in [4.69, 9.17) is 9.97 Å². The fraction of sp³-hybridized carbons (Fsp3) is 0.214. The van der Waals surface area contributed by atoms with E-state index in [-0.39, 0.29) is 35.4 Å². The molecule has 184 valence electrons. The molecule has 0 aliphatic heterocycles. The van der Waals surface area contributed by atoms with E-state index in [0.29, 0.717) is 10.1 Å². The fourth-order valence-electron chi connectivity index (χ4n) is 3.64. The first-order chi connectivity index (χ1) is 17.5. The van der Waals surface area contributed by atoms with Crippen molar-refractivity contribution >= 4 is 46.4 Å². The van der Waals surface area contributed by atoms with Gasteiger partial charge in [-0.2, -0.15) is 0 Å². The number of rotatable bonds is 10. The Balaban J connectivity index is 1.40. The molecule has 4 aromatic rings. The molecule has 0 aliphatic rings. The molecule has 3 aromatic carbocycles. The second-order valence-corrected chi connectivity index (χ2v) is 10.2. The minimum absolute atomic E-state index is 0.0864. The van der Waals surface area contributed by atoms with Gasteiger partial charge >= 0.3 is 0 Å². The number of carbonyl (C=O) groups excluding carboxylic acids is 2. The van der Waals surface area contributed by atoms with E-state index in [1.54, 1.807) is 0 Å². The maximum atomic E-state index is 12.6. The molecule has 36 heavy (non-hydrogen) atoms. The maximum absolute atomic E-state index is 12.6. The first-order valence-corrected chi connectivity index (χ1v) is 13.7. The van der Waals surface area contributed by atoms with E-state index < -0.39 is 0 Å². The minimum atomic E-state index is -0.0915. The third-order valence-electron chi connectivity index (χ3n) is 5.54. The van der Waals surface area contributed by atoms with Crippen LogP contribution in [0, 0.1) is 0 Å². The number of aromatic nitrogens is 2. The van der Waals surface area contributed by atoms with Crippen molar-refractivity contribution in [1.82, 2.24) is 20.6 Å². The predicted molar refractivity (Wildman–Crippen MR) is 147 cm³/mol. The summed E-state index contributed by atoms with van der Waals surface area (Å²) in [5, 5.41) is 7.35. The molecule has 0 radical (unpaired) electrons. The van der Waals surface area contributed by atoms with Crippen molar-refractivity contribution in [2.45, 2.75) is 36.0 Å². The summed E-state index contributed by atoms with van der Waals surface area (Å²) >= 11 is 2.66. The van der Waals surface area contributed by atoms with E-state index in [1.165, 1.54) is 23.5 Å². The third kappa shape index (κ3) is 7.08. The van der Waals surface area contributed by atoms with Crippen LogP contribution in [0.1, 0.15) is 37.1 Å². The number of hydrogen-bond donors (Lipinski definition) is 2. The molecule has 0 fully saturated rings. The van der Waals surface area contributed by atoms with Crippen molar-refractivity contribution in [3.05, 3.63) is 96.1 Å². The van der Waals surface area contributed by atoms with Crippen LogP contribution in [-0.4, -0.2) is 33.3 Å². The lowest BCUT2D eigenvalue weighted by Gasteiger charge is -2.15. The Morgan fingerprint density at radius 2 is 1.00 bits per heavy atom. The third-order valence-corrected chi connectivity index (χ3v) is 7.60. The number of nitrogens with one attached hydrogen (secondary N) is 2. The second kappa shape index (κ2) is 12.6. The Hall–Kier alpha value is -3.36. The average Bonchev–Trinajstić information content (AvgIpc) is 2.91. The van der Waals surface area contributed by atoms with Crippen molar-refractivity contribution in [1.29, 1.82) is 0 Å². The van der Waals surface area contributed by atoms with Crippen LogP contribution >= 0.6 is 23.5 Å². The largest absolute Gasteiger partial charge is 0.349 e. The van der Waals surface area contributed by atoms with E-state index >= 15 is 0 Å². The van der Waals surface area contributed by atoms with Crippen LogP contribution in [0.3, 0.4) is 0 Å². The zero-order chi connectivity index (χ0) is 25.3. The molecular weight excluding hydrogens is 488 g/mol. The predicted octanol–water partition coefficient (Wildman–Crippen LogP) is 5.57. The van der Waals surface area contributed by atoms with Gasteiger partial charge < -0.3 is 10.6 Å². The Bertz CT molecular complexity index is 1220. The molecule has 8 heteroatoms. The molecule has 4 rings (SSSR count). The molecule has 0 aliphatic carbocycles. The monoisotopic (exact) mass is 516 g/mol. The zero-order valence-corrected chi connectivity index (χ0v) is 21.8. The molecular formula is C28H28N4O2S2. The first kappa shape index (κ1) is 25.7. The lowest BCUT2D eigenvalue weighted by Crippen LogP contribution is -2.28. The second-order valence-electron chi connectivity index (χ2n) is 8.30. The van der Waals surface area contributed by atoms with Crippen LogP contribution < -0.4 is 10.6 Å².